The number of ketones is 2. The van der Waals surface area contributed by atoms with Crippen LogP contribution in [0.25, 0.3) is 21.3 Å². The molecule has 0 amide bonds. The van der Waals surface area contributed by atoms with Gasteiger partial charge in [0.15, 0.2) is 11.6 Å². The summed E-state index contributed by atoms with van der Waals surface area (Å²) in [5.41, 5.74) is 6.73. The molecule has 5 nitrogen and oxygen atoms in total. The van der Waals surface area contributed by atoms with Crippen molar-refractivity contribution in [2.45, 2.75) is 13.8 Å². The lowest BCUT2D eigenvalue weighted by atomic mass is 9.83. The zero-order chi connectivity index (χ0) is 23.4. The van der Waals surface area contributed by atoms with E-state index in [1.807, 2.05) is 6.07 Å². The summed E-state index contributed by atoms with van der Waals surface area (Å²) in [6, 6.07) is 18.6. The zero-order valence-electron chi connectivity index (χ0n) is 18.5. The minimum Gasteiger partial charge on any atom is -0.339 e. The molecule has 6 heteroatoms. The summed E-state index contributed by atoms with van der Waals surface area (Å²) in [4.78, 5) is 36.4. The molecule has 1 aliphatic carbocycles. The van der Waals surface area contributed by atoms with Crippen molar-refractivity contribution in [3.8, 4) is 11.1 Å². The third-order valence-corrected chi connectivity index (χ3v) is 7.13. The van der Waals surface area contributed by atoms with Gasteiger partial charge in [-0.2, -0.15) is 0 Å². The quantitative estimate of drug-likeness (QED) is 0.326. The van der Waals surface area contributed by atoms with Gasteiger partial charge in [-0.3, -0.25) is 9.59 Å². The first kappa shape index (κ1) is 20.4. The van der Waals surface area contributed by atoms with Crippen LogP contribution in [0.3, 0.4) is 0 Å². The summed E-state index contributed by atoms with van der Waals surface area (Å²) in [6.07, 6.45) is 1.52. The highest BCUT2D eigenvalue weighted by atomic mass is 32.1. The summed E-state index contributed by atoms with van der Waals surface area (Å²) < 4.78 is 0. The van der Waals surface area contributed by atoms with Gasteiger partial charge in [0.2, 0.25) is 0 Å². The summed E-state index contributed by atoms with van der Waals surface area (Å²) in [5, 5.41) is 6.35. The molecule has 0 saturated carbocycles. The summed E-state index contributed by atoms with van der Waals surface area (Å²) in [7, 11) is 0. The second-order valence-corrected chi connectivity index (χ2v) is 9.29. The number of hydrogen-bond donors (Lipinski definition) is 1. The van der Waals surface area contributed by atoms with E-state index in [-0.39, 0.29) is 11.6 Å². The molecule has 164 valence electrons. The van der Waals surface area contributed by atoms with Crippen LogP contribution in [0.2, 0.25) is 0 Å². The van der Waals surface area contributed by atoms with Crippen molar-refractivity contribution >= 4 is 44.6 Å². The van der Waals surface area contributed by atoms with Gasteiger partial charge in [-0.25, -0.2) is 9.97 Å². The average molecular weight is 462 g/mol. The van der Waals surface area contributed by atoms with E-state index in [4.69, 9.17) is 0 Å². The normalized spacial score (nSPS) is 12.5. The summed E-state index contributed by atoms with van der Waals surface area (Å²) in [6.45, 7) is 4.17. The second kappa shape index (κ2) is 7.71. The molecule has 0 spiro atoms. The lowest BCUT2D eigenvalue weighted by Crippen LogP contribution is -2.22. The van der Waals surface area contributed by atoms with Gasteiger partial charge in [-0.1, -0.05) is 60.2 Å². The highest BCUT2D eigenvalue weighted by Gasteiger charge is 2.31. The maximum atomic E-state index is 13.4. The first-order valence-electron chi connectivity index (χ1n) is 10.9. The molecule has 3 aromatic carbocycles. The van der Waals surface area contributed by atoms with Gasteiger partial charge in [0.25, 0.3) is 0 Å². The molecule has 0 aliphatic heterocycles. The van der Waals surface area contributed by atoms with E-state index >= 15 is 0 Å². The van der Waals surface area contributed by atoms with Gasteiger partial charge in [-0.05, 0) is 31.0 Å². The van der Waals surface area contributed by atoms with Crippen LogP contribution in [0.5, 0.6) is 0 Å². The minimum absolute atomic E-state index is 0.145. The molecule has 6 rings (SSSR count). The van der Waals surface area contributed by atoms with E-state index < -0.39 is 0 Å². The minimum atomic E-state index is -0.168. The van der Waals surface area contributed by atoms with Crippen LogP contribution in [0, 0.1) is 13.8 Å². The topological polar surface area (TPSA) is 72.0 Å². The number of rotatable bonds is 3. The number of nitrogens with zero attached hydrogens (tertiary/aromatic N) is 2. The molecule has 34 heavy (non-hydrogen) atoms. The molecule has 0 fully saturated rings. The fourth-order valence-corrected chi connectivity index (χ4v) is 5.57. The molecule has 0 bridgehead atoms. The Morgan fingerprint density at radius 2 is 1.53 bits per heavy atom. The molecule has 0 atom stereocenters. The first-order chi connectivity index (χ1) is 16.5. The summed E-state index contributed by atoms with van der Waals surface area (Å²) in [5.74, 6) is 0.292. The van der Waals surface area contributed by atoms with E-state index in [9.17, 15) is 9.59 Å². The first-order valence-corrected chi connectivity index (χ1v) is 11.8. The lowest BCUT2D eigenvalue weighted by Gasteiger charge is -2.20. The largest absolute Gasteiger partial charge is 0.339 e. The van der Waals surface area contributed by atoms with E-state index in [0.29, 0.717) is 33.8 Å². The van der Waals surface area contributed by atoms with Crippen molar-refractivity contribution in [3.63, 3.8) is 0 Å². The number of aromatic nitrogens is 2. The number of carbonyl (C=O) groups excluding carboxylic acids is 2. The molecule has 0 saturated heterocycles. The fraction of sp³-hybridized carbons (Fsp3) is 0.0714. The molecule has 5 aromatic rings. The van der Waals surface area contributed by atoms with E-state index in [0.717, 1.165) is 21.3 Å². The number of nitrogens with one attached hydrogen (secondary N) is 1. The Labute approximate surface area is 200 Å². The van der Waals surface area contributed by atoms with Crippen LogP contribution in [-0.2, 0) is 0 Å². The van der Waals surface area contributed by atoms with Crippen LogP contribution < -0.4 is 5.32 Å². The number of thiophene rings is 1. The number of carbonyl (C=O) groups is 2. The predicted octanol–water partition coefficient (Wildman–Crippen LogP) is 6.49. The highest BCUT2D eigenvalue weighted by Crippen LogP contribution is 2.40. The number of fused-ring (bicyclic) bond motifs is 3. The molecular weight excluding hydrogens is 442 g/mol. The van der Waals surface area contributed by atoms with Crippen molar-refractivity contribution < 1.29 is 9.59 Å². The molecule has 1 N–H and O–H groups in total. The van der Waals surface area contributed by atoms with Crippen molar-refractivity contribution in [2.75, 3.05) is 5.32 Å². The molecule has 1 aliphatic rings. The third kappa shape index (κ3) is 3.07. The van der Waals surface area contributed by atoms with Gasteiger partial charge < -0.3 is 5.32 Å². The van der Waals surface area contributed by atoms with Gasteiger partial charge in [0, 0.05) is 27.6 Å². The van der Waals surface area contributed by atoms with Crippen LogP contribution in [0.15, 0.2) is 72.4 Å². The van der Waals surface area contributed by atoms with Crippen LogP contribution >= 0.6 is 11.3 Å². The molecule has 0 unspecified atom stereocenters. The third-order valence-electron chi connectivity index (χ3n) is 6.25. The van der Waals surface area contributed by atoms with Crippen LogP contribution in [-0.4, -0.2) is 21.5 Å². The fourth-order valence-electron chi connectivity index (χ4n) is 4.66. The van der Waals surface area contributed by atoms with Crippen LogP contribution in [0.1, 0.15) is 43.0 Å². The number of hydrogen-bond acceptors (Lipinski definition) is 6. The molecule has 2 heterocycles. The predicted molar refractivity (Wildman–Crippen MR) is 135 cm³/mol. The van der Waals surface area contributed by atoms with E-state index in [2.05, 4.69) is 52.7 Å². The number of benzene rings is 3. The van der Waals surface area contributed by atoms with Crippen molar-refractivity contribution in [1.29, 1.82) is 0 Å². The van der Waals surface area contributed by atoms with Gasteiger partial charge >= 0.3 is 0 Å². The van der Waals surface area contributed by atoms with E-state index in [1.54, 1.807) is 47.7 Å². The standard InChI is InChI=1S/C28H19N3O2S/c1-15-10-11-17(16(2)12-15)21-13-34-28-24(21)27(29-14-30-28)31-22-9-5-8-20-23(22)26(33)19-7-4-3-6-18(19)25(20)32/h3-14H,1-2H3,(H,29,30,31). The molecular formula is C28H19N3O2S. The lowest BCUT2D eigenvalue weighted by molar-refractivity contribution is 0.0979. The Balaban J connectivity index is 1.51. The highest BCUT2D eigenvalue weighted by molar-refractivity contribution is 7.17. The Morgan fingerprint density at radius 1 is 0.765 bits per heavy atom. The molecule has 2 aromatic heterocycles. The Bertz CT molecular complexity index is 1650. The smallest absolute Gasteiger partial charge is 0.196 e. The number of aryl methyl sites for hydroxylation is 2. The maximum absolute atomic E-state index is 13.4. The monoisotopic (exact) mass is 461 g/mol. The maximum Gasteiger partial charge on any atom is 0.196 e. The SMILES string of the molecule is Cc1ccc(-c2csc3ncnc(Nc4cccc5c4C(=O)c4ccccc4C5=O)c23)c(C)c1. The summed E-state index contributed by atoms with van der Waals surface area (Å²) >= 11 is 1.55. The Morgan fingerprint density at radius 3 is 2.32 bits per heavy atom. The Hall–Kier alpha value is -4.16. The van der Waals surface area contributed by atoms with E-state index in [1.165, 1.54) is 17.5 Å². The zero-order valence-corrected chi connectivity index (χ0v) is 19.4. The van der Waals surface area contributed by atoms with Crippen molar-refractivity contribution in [1.82, 2.24) is 9.97 Å². The Kier molecular flexibility index (Phi) is 4.64. The number of anilines is 2. The van der Waals surface area contributed by atoms with Gasteiger partial charge in [0.1, 0.15) is 17.0 Å². The average Bonchev–Trinajstić information content (AvgIpc) is 3.27. The second-order valence-electron chi connectivity index (χ2n) is 8.43. The molecule has 0 radical (unpaired) electrons. The van der Waals surface area contributed by atoms with Gasteiger partial charge in [-0.15, -0.1) is 11.3 Å². The van der Waals surface area contributed by atoms with Crippen LogP contribution in [0.4, 0.5) is 11.5 Å². The van der Waals surface area contributed by atoms with Crippen molar-refractivity contribution in [2.24, 2.45) is 0 Å². The van der Waals surface area contributed by atoms with Gasteiger partial charge in [0.05, 0.1) is 16.6 Å². The van der Waals surface area contributed by atoms with Crippen molar-refractivity contribution in [3.05, 3.63) is 106 Å².